The molecule has 1 N–H and O–H groups in total. The Morgan fingerprint density at radius 2 is 1.78 bits per heavy atom. The molecule has 0 atom stereocenters. The fourth-order valence-electron chi connectivity index (χ4n) is 2.34. The minimum atomic E-state index is 0. The molecule has 0 radical (unpaired) electrons. The summed E-state index contributed by atoms with van der Waals surface area (Å²) in [6.45, 7) is 6.41. The molecule has 0 aliphatic heterocycles. The molecule has 6 heteroatoms. The first-order valence-electron chi connectivity index (χ1n) is 7.41. The summed E-state index contributed by atoms with van der Waals surface area (Å²) in [7, 11) is 0. The van der Waals surface area contributed by atoms with Crippen molar-refractivity contribution in [2.75, 3.05) is 23.3 Å². The molecular formula is C17H20BrN3S2. The second-order valence-corrected chi connectivity index (χ2v) is 6.67. The summed E-state index contributed by atoms with van der Waals surface area (Å²) < 4.78 is 0. The molecule has 3 rings (SSSR count). The molecule has 0 bridgehead atoms. The van der Waals surface area contributed by atoms with Crippen molar-refractivity contribution >= 4 is 56.2 Å². The van der Waals surface area contributed by atoms with Gasteiger partial charge in [0.25, 0.3) is 0 Å². The van der Waals surface area contributed by atoms with Gasteiger partial charge in [-0.3, -0.25) is 0 Å². The molecule has 3 nitrogen and oxygen atoms in total. The van der Waals surface area contributed by atoms with Crippen LogP contribution in [-0.2, 0) is 0 Å². The lowest BCUT2D eigenvalue weighted by atomic mass is 10.2. The van der Waals surface area contributed by atoms with Crippen LogP contribution in [0.4, 0.5) is 16.5 Å². The Morgan fingerprint density at radius 1 is 1.04 bits per heavy atom. The Balaban J connectivity index is 0.00000192. The molecule has 0 fully saturated rings. The number of anilines is 3. The van der Waals surface area contributed by atoms with E-state index in [1.54, 1.807) is 22.7 Å². The lowest BCUT2D eigenvalue weighted by Gasteiger charge is -2.21. The number of halogens is 1. The first-order valence-corrected chi connectivity index (χ1v) is 9.17. The highest BCUT2D eigenvalue weighted by molar-refractivity contribution is 8.93. The van der Waals surface area contributed by atoms with Gasteiger partial charge < -0.3 is 10.2 Å². The molecule has 0 saturated heterocycles. The molecule has 0 unspecified atom stereocenters. The Bertz CT molecular complexity index is 704. The Hall–Kier alpha value is -1.37. The third kappa shape index (κ3) is 4.34. The van der Waals surface area contributed by atoms with Gasteiger partial charge in [-0.05, 0) is 49.6 Å². The highest BCUT2D eigenvalue weighted by Gasteiger charge is 2.06. The zero-order valence-electron chi connectivity index (χ0n) is 13.2. The van der Waals surface area contributed by atoms with E-state index in [2.05, 4.69) is 76.2 Å². The highest BCUT2D eigenvalue weighted by Crippen LogP contribution is 2.30. The third-order valence-electron chi connectivity index (χ3n) is 3.52. The van der Waals surface area contributed by atoms with Gasteiger partial charge in [0, 0.05) is 29.8 Å². The van der Waals surface area contributed by atoms with Crippen LogP contribution >= 0.6 is 39.7 Å². The van der Waals surface area contributed by atoms with Crippen molar-refractivity contribution in [1.82, 2.24) is 4.98 Å². The zero-order chi connectivity index (χ0) is 15.4. The maximum Gasteiger partial charge on any atom is 0.187 e. The number of thiazole rings is 1. The van der Waals surface area contributed by atoms with Crippen LogP contribution in [0.15, 0.2) is 47.2 Å². The minimum Gasteiger partial charge on any atom is -0.372 e. The lowest BCUT2D eigenvalue weighted by molar-refractivity contribution is 0.866. The molecule has 122 valence electrons. The van der Waals surface area contributed by atoms with E-state index in [1.807, 2.05) is 0 Å². The van der Waals surface area contributed by atoms with E-state index in [0.29, 0.717) is 0 Å². The van der Waals surface area contributed by atoms with Gasteiger partial charge in [-0.1, -0.05) is 6.07 Å². The van der Waals surface area contributed by atoms with Crippen molar-refractivity contribution in [3.63, 3.8) is 0 Å². The van der Waals surface area contributed by atoms with Crippen molar-refractivity contribution in [2.45, 2.75) is 13.8 Å². The molecule has 0 saturated carbocycles. The normalized spacial score (nSPS) is 10.2. The maximum absolute atomic E-state index is 4.65. The molecule has 23 heavy (non-hydrogen) atoms. The topological polar surface area (TPSA) is 28.2 Å². The smallest absolute Gasteiger partial charge is 0.187 e. The van der Waals surface area contributed by atoms with Crippen molar-refractivity contribution in [1.29, 1.82) is 0 Å². The van der Waals surface area contributed by atoms with Crippen molar-refractivity contribution in [3.8, 4) is 10.6 Å². The van der Waals surface area contributed by atoms with Crippen molar-refractivity contribution in [2.24, 2.45) is 0 Å². The monoisotopic (exact) mass is 409 g/mol. The second kappa shape index (κ2) is 8.47. The SMILES string of the molecule is Br.CCN(CC)c1ccc(Nc2nc(-c3cccs3)cs2)cc1. The van der Waals surface area contributed by atoms with Crippen LogP contribution in [-0.4, -0.2) is 18.1 Å². The largest absolute Gasteiger partial charge is 0.372 e. The number of hydrogen-bond donors (Lipinski definition) is 1. The minimum absolute atomic E-state index is 0. The summed E-state index contributed by atoms with van der Waals surface area (Å²) in [5.74, 6) is 0. The van der Waals surface area contributed by atoms with Crippen LogP contribution in [0, 0.1) is 0 Å². The number of aromatic nitrogens is 1. The summed E-state index contributed by atoms with van der Waals surface area (Å²) in [6.07, 6.45) is 0. The molecule has 3 aromatic rings. The first-order chi connectivity index (χ1) is 10.8. The maximum atomic E-state index is 4.65. The summed E-state index contributed by atoms with van der Waals surface area (Å²) >= 11 is 3.35. The Kier molecular flexibility index (Phi) is 6.62. The van der Waals surface area contributed by atoms with Gasteiger partial charge in [-0.15, -0.1) is 39.7 Å². The van der Waals surface area contributed by atoms with E-state index in [1.165, 1.54) is 10.6 Å². The second-order valence-electron chi connectivity index (χ2n) is 4.86. The summed E-state index contributed by atoms with van der Waals surface area (Å²) in [4.78, 5) is 8.19. The number of hydrogen-bond acceptors (Lipinski definition) is 5. The predicted molar refractivity (Wildman–Crippen MR) is 109 cm³/mol. The quantitative estimate of drug-likeness (QED) is 0.537. The number of nitrogens with zero attached hydrogens (tertiary/aromatic N) is 2. The van der Waals surface area contributed by atoms with Crippen LogP contribution in [0.2, 0.25) is 0 Å². The van der Waals surface area contributed by atoms with Crippen LogP contribution < -0.4 is 10.2 Å². The number of rotatable bonds is 6. The Labute approximate surface area is 155 Å². The fourth-order valence-corrected chi connectivity index (χ4v) is 3.83. The van der Waals surface area contributed by atoms with Crippen molar-refractivity contribution in [3.05, 3.63) is 47.2 Å². The van der Waals surface area contributed by atoms with Gasteiger partial charge in [-0.25, -0.2) is 4.98 Å². The molecule has 2 heterocycles. The summed E-state index contributed by atoms with van der Waals surface area (Å²) in [5.41, 5.74) is 3.37. The average Bonchev–Trinajstić information content (AvgIpc) is 3.21. The third-order valence-corrected chi connectivity index (χ3v) is 5.18. The van der Waals surface area contributed by atoms with Gasteiger partial charge >= 0.3 is 0 Å². The average molecular weight is 410 g/mol. The lowest BCUT2D eigenvalue weighted by Crippen LogP contribution is -2.21. The standard InChI is InChI=1S/C17H19N3S2.BrH/c1-3-20(4-2)14-9-7-13(8-10-14)18-17-19-15(12-22-17)16-6-5-11-21-16;/h5-12H,3-4H2,1-2H3,(H,18,19);1H. The molecular weight excluding hydrogens is 390 g/mol. The molecule has 2 aromatic heterocycles. The van der Waals surface area contributed by atoms with Gasteiger partial charge in [0.2, 0.25) is 0 Å². The van der Waals surface area contributed by atoms with Crippen molar-refractivity contribution < 1.29 is 0 Å². The van der Waals surface area contributed by atoms with E-state index < -0.39 is 0 Å². The zero-order valence-corrected chi connectivity index (χ0v) is 16.5. The van der Waals surface area contributed by atoms with E-state index >= 15 is 0 Å². The van der Waals surface area contributed by atoms with Crippen LogP contribution in [0.25, 0.3) is 10.6 Å². The molecule has 0 spiro atoms. The fraction of sp³-hybridized carbons (Fsp3) is 0.235. The number of thiophene rings is 1. The number of nitrogens with one attached hydrogen (secondary N) is 1. The van der Waals surface area contributed by atoms with Crippen LogP contribution in [0.1, 0.15) is 13.8 Å². The highest BCUT2D eigenvalue weighted by atomic mass is 79.9. The van der Waals surface area contributed by atoms with Gasteiger partial charge in [0.05, 0.1) is 10.6 Å². The van der Waals surface area contributed by atoms with E-state index in [4.69, 9.17) is 0 Å². The van der Waals surface area contributed by atoms with E-state index in [9.17, 15) is 0 Å². The van der Waals surface area contributed by atoms with E-state index in [0.717, 1.165) is 29.6 Å². The predicted octanol–water partition coefficient (Wildman–Crippen LogP) is 6.04. The van der Waals surface area contributed by atoms with Crippen LogP contribution in [0.5, 0.6) is 0 Å². The summed E-state index contributed by atoms with van der Waals surface area (Å²) in [5, 5.41) is 8.48. The molecule has 0 aliphatic carbocycles. The van der Waals surface area contributed by atoms with Gasteiger partial charge in [0.15, 0.2) is 5.13 Å². The van der Waals surface area contributed by atoms with Gasteiger partial charge in [-0.2, -0.15) is 0 Å². The first kappa shape index (κ1) is 18.0. The van der Waals surface area contributed by atoms with Crippen LogP contribution in [0.3, 0.4) is 0 Å². The number of benzene rings is 1. The van der Waals surface area contributed by atoms with E-state index in [-0.39, 0.29) is 17.0 Å². The molecule has 0 amide bonds. The van der Waals surface area contributed by atoms with Gasteiger partial charge in [0.1, 0.15) is 0 Å². The molecule has 1 aromatic carbocycles. The summed E-state index contributed by atoms with van der Waals surface area (Å²) in [6, 6.07) is 12.7. The Morgan fingerprint density at radius 3 is 2.39 bits per heavy atom. The molecule has 0 aliphatic rings.